The Labute approximate surface area is 183 Å². The van der Waals surface area contributed by atoms with Crippen molar-refractivity contribution in [1.29, 1.82) is 0 Å². The Balaban J connectivity index is 1.49. The zero-order valence-corrected chi connectivity index (χ0v) is 17.9. The van der Waals surface area contributed by atoms with Crippen molar-refractivity contribution in [3.05, 3.63) is 57.2 Å². The van der Waals surface area contributed by atoms with Gasteiger partial charge in [0.05, 0.1) is 5.60 Å². The minimum atomic E-state index is -1.85. The predicted octanol–water partition coefficient (Wildman–Crippen LogP) is 1.29. The summed E-state index contributed by atoms with van der Waals surface area (Å²) in [6.07, 6.45) is -2.55. The molecule has 1 aromatic carbocycles. The van der Waals surface area contributed by atoms with Crippen molar-refractivity contribution in [2.75, 3.05) is 19.6 Å². The minimum Gasteiger partial charge on any atom is -0.385 e. The van der Waals surface area contributed by atoms with E-state index in [0.717, 1.165) is 4.88 Å². The fourth-order valence-electron chi connectivity index (χ4n) is 3.48. The van der Waals surface area contributed by atoms with E-state index in [-0.39, 0.29) is 25.9 Å². The fourth-order valence-corrected chi connectivity index (χ4v) is 4.31. The van der Waals surface area contributed by atoms with Gasteiger partial charge >= 0.3 is 0 Å². The lowest BCUT2D eigenvalue weighted by molar-refractivity contribution is -0.156. The second-order valence-electron chi connectivity index (χ2n) is 7.37. The molecule has 1 aromatic heterocycles. The van der Waals surface area contributed by atoms with Gasteiger partial charge in [0.2, 0.25) is 0 Å². The first-order valence-electron chi connectivity index (χ1n) is 9.73. The molecule has 7 nitrogen and oxygen atoms in total. The average molecular weight is 453 g/mol. The Kier molecular flexibility index (Phi) is 7.49. The van der Waals surface area contributed by atoms with Crippen molar-refractivity contribution < 1.29 is 24.9 Å². The number of hydrogen-bond acceptors (Lipinski definition) is 6. The molecule has 1 saturated heterocycles. The van der Waals surface area contributed by atoms with E-state index >= 15 is 0 Å². The Morgan fingerprint density at radius 1 is 1.13 bits per heavy atom. The Morgan fingerprint density at radius 3 is 2.40 bits per heavy atom. The van der Waals surface area contributed by atoms with Crippen LogP contribution < -0.4 is 5.32 Å². The second-order valence-corrected chi connectivity index (χ2v) is 8.84. The van der Waals surface area contributed by atoms with Gasteiger partial charge in [0.1, 0.15) is 0 Å². The second kappa shape index (κ2) is 9.89. The molecule has 0 spiro atoms. The van der Waals surface area contributed by atoms with Crippen molar-refractivity contribution >= 4 is 34.8 Å². The summed E-state index contributed by atoms with van der Waals surface area (Å²) in [7, 11) is 0. The molecule has 0 saturated carbocycles. The topological polar surface area (TPSA) is 110 Å². The standard InChI is InChI=1S/C21H25ClN2O5S/c22-15-5-3-14(4-6-15)21(29)8-11-24(12-9-21)20(28)18(26)17(25)19(27)23-10-7-16-2-1-13-30-16/h1-6,13,17-18,25-26,29H,7-12H2,(H,23,27)/t17-,18-/m1/s1. The first-order chi connectivity index (χ1) is 14.3. The number of benzene rings is 1. The lowest BCUT2D eigenvalue weighted by Crippen LogP contribution is -2.54. The number of nitrogens with one attached hydrogen (secondary N) is 1. The number of halogens is 1. The number of thiophene rings is 1. The molecule has 3 rings (SSSR count). The maximum Gasteiger partial charge on any atom is 0.254 e. The van der Waals surface area contributed by atoms with Gasteiger partial charge in [0.25, 0.3) is 11.8 Å². The van der Waals surface area contributed by atoms with Crippen LogP contribution in [0.4, 0.5) is 0 Å². The van der Waals surface area contributed by atoms with Crippen molar-refractivity contribution in [3.63, 3.8) is 0 Å². The van der Waals surface area contributed by atoms with Gasteiger partial charge in [-0.25, -0.2) is 0 Å². The summed E-state index contributed by atoms with van der Waals surface area (Å²) in [6, 6.07) is 10.7. The quantitative estimate of drug-likeness (QED) is 0.506. The van der Waals surface area contributed by atoms with Crippen LogP contribution in [-0.2, 0) is 21.6 Å². The zero-order valence-electron chi connectivity index (χ0n) is 16.3. The zero-order chi connectivity index (χ0) is 21.7. The molecule has 1 aliphatic heterocycles. The Morgan fingerprint density at radius 2 is 1.80 bits per heavy atom. The molecule has 0 unspecified atom stereocenters. The van der Waals surface area contributed by atoms with E-state index in [9.17, 15) is 24.9 Å². The molecule has 4 N–H and O–H groups in total. The van der Waals surface area contributed by atoms with Crippen molar-refractivity contribution in [3.8, 4) is 0 Å². The summed E-state index contributed by atoms with van der Waals surface area (Å²) in [5.74, 6) is -1.52. The van der Waals surface area contributed by atoms with E-state index in [1.165, 1.54) is 4.90 Å². The van der Waals surface area contributed by atoms with Gasteiger partial charge in [-0.15, -0.1) is 11.3 Å². The maximum atomic E-state index is 12.5. The number of likely N-dealkylation sites (tertiary alicyclic amines) is 1. The van der Waals surface area contributed by atoms with Crippen LogP contribution >= 0.6 is 22.9 Å². The Bertz CT molecular complexity index is 851. The van der Waals surface area contributed by atoms with Gasteiger partial charge in [-0.05, 0) is 48.4 Å². The molecule has 1 aliphatic rings. The lowest BCUT2D eigenvalue weighted by atomic mass is 9.84. The van der Waals surface area contributed by atoms with Crippen molar-refractivity contribution in [1.82, 2.24) is 10.2 Å². The molecule has 0 aliphatic carbocycles. The number of carbonyl (C=O) groups is 2. The third-order valence-corrected chi connectivity index (χ3v) is 6.54. The molecule has 1 fully saturated rings. The summed E-state index contributed by atoms with van der Waals surface area (Å²) < 4.78 is 0. The van der Waals surface area contributed by atoms with Crippen LogP contribution in [-0.4, -0.2) is 63.9 Å². The molecular formula is C21H25ClN2O5S. The first kappa shape index (κ1) is 22.7. The molecule has 2 aromatic rings. The van der Waals surface area contributed by atoms with Gasteiger partial charge < -0.3 is 25.5 Å². The average Bonchev–Trinajstić information content (AvgIpc) is 3.26. The van der Waals surface area contributed by atoms with Gasteiger partial charge in [-0.3, -0.25) is 9.59 Å². The third-order valence-electron chi connectivity index (χ3n) is 5.36. The summed E-state index contributed by atoms with van der Waals surface area (Å²) >= 11 is 7.45. The molecule has 2 heterocycles. The first-order valence-corrected chi connectivity index (χ1v) is 11.0. The van der Waals surface area contributed by atoms with Crippen molar-refractivity contribution in [2.45, 2.75) is 37.1 Å². The highest BCUT2D eigenvalue weighted by Gasteiger charge is 2.39. The van der Waals surface area contributed by atoms with Crippen LogP contribution in [0.3, 0.4) is 0 Å². The summed E-state index contributed by atoms with van der Waals surface area (Å²) in [6.45, 7) is 0.693. The van der Waals surface area contributed by atoms with E-state index < -0.39 is 29.6 Å². The highest BCUT2D eigenvalue weighted by atomic mass is 35.5. The van der Waals surface area contributed by atoms with Gasteiger partial charge in [0.15, 0.2) is 12.2 Å². The summed E-state index contributed by atoms with van der Waals surface area (Å²) in [4.78, 5) is 27.1. The van der Waals surface area contributed by atoms with Gasteiger partial charge in [0, 0.05) is 29.5 Å². The van der Waals surface area contributed by atoms with Gasteiger partial charge in [-0.2, -0.15) is 0 Å². The predicted molar refractivity (Wildman–Crippen MR) is 114 cm³/mol. The van der Waals surface area contributed by atoms with E-state index in [2.05, 4.69) is 5.32 Å². The van der Waals surface area contributed by atoms with Gasteiger partial charge in [-0.1, -0.05) is 29.8 Å². The number of rotatable bonds is 7. The highest BCUT2D eigenvalue weighted by molar-refractivity contribution is 7.09. The van der Waals surface area contributed by atoms with Crippen LogP contribution in [0.2, 0.25) is 5.02 Å². The molecule has 0 radical (unpaired) electrons. The number of nitrogens with zero attached hydrogens (tertiary/aromatic N) is 1. The largest absolute Gasteiger partial charge is 0.385 e. The lowest BCUT2D eigenvalue weighted by Gasteiger charge is -2.39. The normalized spacial score (nSPS) is 17.9. The number of aliphatic hydroxyl groups is 3. The van der Waals surface area contributed by atoms with Crippen LogP contribution in [0, 0.1) is 0 Å². The van der Waals surface area contributed by atoms with Crippen LogP contribution in [0.5, 0.6) is 0 Å². The van der Waals surface area contributed by atoms with E-state index in [1.807, 2.05) is 17.5 Å². The third kappa shape index (κ3) is 5.39. The van der Waals surface area contributed by atoms with E-state index in [0.29, 0.717) is 23.6 Å². The van der Waals surface area contributed by atoms with Crippen LogP contribution in [0.1, 0.15) is 23.3 Å². The van der Waals surface area contributed by atoms with Crippen LogP contribution in [0.15, 0.2) is 41.8 Å². The van der Waals surface area contributed by atoms with E-state index in [4.69, 9.17) is 11.6 Å². The highest BCUT2D eigenvalue weighted by Crippen LogP contribution is 2.33. The van der Waals surface area contributed by atoms with Crippen LogP contribution in [0.25, 0.3) is 0 Å². The van der Waals surface area contributed by atoms with Crippen molar-refractivity contribution in [2.24, 2.45) is 0 Å². The number of hydrogen-bond donors (Lipinski definition) is 4. The fraction of sp³-hybridized carbons (Fsp3) is 0.429. The number of amides is 2. The molecular weight excluding hydrogens is 428 g/mol. The molecule has 9 heteroatoms. The molecule has 30 heavy (non-hydrogen) atoms. The molecule has 0 bridgehead atoms. The number of aliphatic hydroxyl groups excluding tert-OH is 2. The molecule has 2 amide bonds. The maximum absolute atomic E-state index is 12.5. The van der Waals surface area contributed by atoms with E-state index in [1.54, 1.807) is 35.6 Å². The minimum absolute atomic E-state index is 0.196. The summed E-state index contributed by atoms with van der Waals surface area (Å²) in [5.41, 5.74) is -0.380. The Hall–Kier alpha value is -1.97. The monoisotopic (exact) mass is 452 g/mol. The SMILES string of the molecule is O=C(NCCc1cccs1)[C@H](O)[C@@H](O)C(=O)N1CCC(O)(c2ccc(Cl)cc2)CC1. The number of carbonyl (C=O) groups excluding carboxylic acids is 2. The number of piperidine rings is 1. The summed E-state index contributed by atoms with van der Waals surface area (Å²) in [5, 5.41) is 36.2. The molecule has 2 atom stereocenters. The smallest absolute Gasteiger partial charge is 0.254 e. The molecule has 162 valence electrons.